The number of rotatable bonds is 5. The lowest BCUT2D eigenvalue weighted by Gasteiger charge is -2.35. The molecule has 3 heteroatoms. The van der Waals surface area contributed by atoms with Gasteiger partial charge in [-0.2, -0.15) is 0 Å². The Balaban J connectivity index is 1.79. The van der Waals surface area contributed by atoms with Crippen LogP contribution in [-0.4, -0.2) is 49.0 Å². The van der Waals surface area contributed by atoms with E-state index in [1.165, 1.54) is 25.7 Å². The maximum absolute atomic E-state index is 10.2. The van der Waals surface area contributed by atoms with Crippen molar-refractivity contribution in [2.24, 2.45) is 11.8 Å². The smallest absolute Gasteiger partial charge is 0.0710 e. The van der Waals surface area contributed by atoms with Gasteiger partial charge >= 0.3 is 0 Å². The first kappa shape index (κ1) is 14.3. The van der Waals surface area contributed by atoms with Crippen LogP contribution < -0.4 is 0 Å². The van der Waals surface area contributed by atoms with E-state index in [9.17, 15) is 5.11 Å². The second-order valence-electron chi connectivity index (χ2n) is 6.20. The second kappa shape index (κ2) is 6.88. The van der Waals surface area contributed by atoms with E-state index >= 15 is 0 Å². The quantitative estimate of drug-likeness (QED) is 0.818. The molecule has 2 aliphatic rings. The summed E-state index contributed by atoms with van der Waals surface area (Å²) in [5.41, 5.74) is 0. The average Bonchev–Trinajstić information content (AvgIpc) is 2.81. The van der Waals surface area contributed by atoms with Crippen molar-refractivity contribution in [3.63, 3.8) is 0 Å². The molecule has 1 saturated carbocycles. The van der Waals surface area contributed by atoms with E-state index in [-0.39, 0.29) is 6.10 Å². The molecule has 106 valence electrons. The fraction of sp³-hybridized carbons (Fsp3) is 1.00. The van der Waals surface area contributed by atoms with Gasteiger partial charge in [0.15, 0.2) is 0 Å². The number of methoxy groups -OCH3 is 1. The first-order chi connectivity index (χ1) is 8.72. The lowest BCUT2D eigenvalue weighted by Crippen LogP contribution is -2.38. The van der Waals surface area contributed by atoms with Crippen LogP contribution in [0.25, 0.3) is 0 Å². The molecule has 0 aromatic carbocycles. The van der Waals surface area contributed by atoms with Gasteiger partial charge in [0.1, 0.15) is 0 Å². The van der Waals surface area contributed by atoms with Gasteiger partial charge in [0.2, 0.25) is 0 Å². The van der Waals surface area contributed by atoms with Crippen LogP contribution in [0.15, 0.2) is 0 Å². The van der Waals surface area contributed by atoms with Gasteiger partial charge in [-0.15, -0.1) is 0 Å². The molecular weight excluding hydrogens is 226 g/mol. The van der Waals surface area contributed by atoms with Gasteiger partial charge in [0.25, 0.3) is 0 Å². The van der Waals surface area contributed by atoms with E-state index < -0.39 is 0 Å². The second-order valence-corrected chi connectivity index (χ2v) is 6.20. The topological polar surface area (TPSA) is 32.7 Å². The van der Waals surface area contributed by atoms with Crippen molar-refractivity contribution in [3.8, 4) is 0 Å². The number of hydrogen-bond donors (Lipinski definition) is 1. The molecule has 1 aliphatic carbocycles. The Hall–Kier alpha value is -0.120. The lowest BCUT2D eigenvalue weighted by atomic mass is 9.77. The zero-order chi connectivity index (χ0) is 13.0. The molecule has 1 heterocycles. The molecule has 4 atom stereocenters. The number of aliphatic hydroxyl groups is 1. The van der Waals surface area contributed by atoms with Crippen LogP contribution in [0.4, 0.5) is 0 Å². The summed E-state index contributed by atoms with van der Waals surface area (Å²) in [5, 5.41) is 10.2. The summed E-state index contributed by atoms with van der Waals surface area (Å²) in [6.07, 6.45) is 7.58. The predicted octanol–water partition coefficient (Wildman–Crippen LogP) is 2.28. The summed E-state index contributed by atoms with van der Waals surface area (Å²) in [6, 6.07) is 0. The highest BCUT2D eigenvalue weighted by Crippen LogP contribution is 2.33. The minimum absolute atomic E-state index is 0.0697. The van der Waals surface area contributed by atoms with Crippen molar-refractivity contribution in [2.75, 3.05) is 26.7 Å². The highest BCUT2D eigenvalue weighted by atomic mass is 16.5. The Bertz CT molecular complexity index is 247. The van der Waals surface area contributed by atoms with Crippen LogP contribution in [0.1, 0.15) is 45.4 Å². The van der Waals surface area contributed by atoms with Crippen molar-refractivity contribution in [3.05, 3.63) is 0 Å². The van der Waals surface area contributed by atoms with Crippen LogP contribution in [-0.2, 0) is 4.74 Å². The third-order valence-electron chi connectivity index (χ3n) is 4.80. The molecule has 2 fully saturated rings. The fourth-order valence-corrected chi connectivity index (χ4v) is 3.70. The summed E-state index contributed by atoms with van der Waals surface area (Å²) in [4.78, 5) is 2.48. The van der Waals surface area contributed by atoms with Crippen molar-refractivity contribution in [1.29, 1.82) is 0 Å². The van der Waals surface area contributed by atoms with E-state index in [1.54, 1.807) is 7.11 Å². The first-order valence-corrected chi connectivity index (χ1v) is 7.66. The molecule has 0 amide bonds. The van der Waals surface area contributed by atoms with E-state index in [0.717, 1.165) is 38.4 Å². The molecular formula is C15H29NO2. The lowest BCUT2D eigenvalue weighted by molar-refractivity contribution is 0.0260. The molecule has 1 N–H and O–H groups in total. The summed E-state index contributed by atoms with van der Waals surface area (Å²) in [7, 11) is 1.81. The number of likely N-dealkylation sites (tertiary alicyclic amines) is 1. The molecule has 18 heavy (non-hydrogen) atoms. The molecule has 3 nitrogen and oxygen atoms in total. The number of hydrogen-bond acceptors (Lipinski definition) is 3. The summed E-state index contributed by atoms with van der Waals surface area (Å²) >= 11 is 0. The molecule has 0 aromatic rings. The van der Waals surface area contributed by atoms with Gasteiger partial charge in [-0.25, -0.2) is 0 Å². The SMILES string of the molecule is CCCC1CCC(O)C(CN2CCC(OC)C2)C1. The summed E-state index contributed by atoms with van der Waals surface area (Å²) in [5.74, 6) is 1.34. The van der Waals surface area contributed by atoms with E-state index in [1.807, 2.05) is 0 Å². The Kier molecular flexibility index (Phi) is 5.46. The van der Waals surface area contributed by atoms with Gasteiger partial charge in [-0.1, -0.05) is 19.8 Å². The molecule has 1 aliphatic heterocycles. The third-order valence-corrected chi connectivity index (χ3v) is 4.80. The minimum Gasteiger partial charge on any atom is -0.393 e. The monoisotopic (exact) mass is 255 g/mol. The van der Waals surface area contributed by atoms with Gasteiger partial charge in [0, 0.05) is 26.7 Å². The summed E-state index contributed by atoms with van der Waals surface area (Å²) in [6.45, 7) is 5.53. The van der Waals surface area contributed by atoms with Crippen molar-refractivity contribution >= 4 is 0 Å². The zero-order valence-corrected chi connectivity index (χ0v) is 12.0. The van der Waals surface area contributed by atoms with Crippen molar-refractivity contribution < 1.29 is 9.84 Å². The van der Waals surface area contributed by atoms with Crippen LogP contribution in [0.3, 0.4) is 0 Å². The predicted molar refractivity (Wildman–Crippen MR) is 73.6 cm³/mol. The number of aliphatic hydroxyl groups excluding tert-OH is 1. The Morgan fingerprint density at radius 3 is 2.78 bits per heavy atom. The number of nitrogens with zero attached hydrogens (tertiary/aromatic N) is 1. The zero-order valence-electron chi connectivity index (χ0n) is 12.0. The third kappa shape index (κ3) is 3.69. The molecule has 0 radical (unpaired) electrons. The molecule has 0 aromatic heterocycles. The standard InChI is InChI=1S/C15H29NO2/c1-3-4-12-5-6-15(17)13(9-12)10-16-8-7-14(11-16)18-2/h12-15,17H,3-11H2,1-2H3. The molecule has 1 saturated heterocycles. The maximum Gasteiger partial charge on any atom is 0.0710 e. The van der Waals surface area contributed by atoms with Crippen LogP contribution in [0.5, 0.6) is 0 Å². The fourth-order valence-electron chi connectivity index (χ4n) is 3.70. The normalized spacial score (nSPS) is 38.2. The van der Waals surface area contributed by atoms with E-state index in [2.05, 4.69) is 11.8 Å². The van der Waals surface area contributed by atoms with Crippen LogP contribution in [0.2, 0.25) is 0 Å². The molecule has 0 spiro atoms. The van der Waals surface area contributed by atoms with Gasteiger partial charge in [-0.3, -0.25) is 0 Å². The Morgan fingerprint density at radius 1 is 1.28 bits per heavy atom. The Morgan fingerprint density at radius 2 is 2.11 bits per heavy atom. The van der Waals surface area contributed by atoms with Crippen molar-refractivity contribution in [2.45, 2.75) is 57.7 Å². The van der Waals surface area contributed by atoms with Crippen molar-refractivity contribution in [1.82, 2.24) is 4.90 Å². The molecule has 2 rings (SSSR count). The molecule has 4 unspecified atom stereocenters. The molecule has 0 bridgehead atoms. The van der Waals surface area contributed by atoms with Crippen LogP contribution in [0, 0.1) is 11.8 Å². The van der Waals surface area contributed by atoms with E-state index in [0.29, 0.717) is 12.0 Å². The van der Waals surface area contributed by atoms with Crippen LogP contribution >= 0.6 is 0 Å². The number of ether oxygens (including phenoxy) is 1. The first-order valence-electron chi connectivity index (χ1n) is 7.66. The van der Waals surface area contributed by atoms with Gasteiger partial charge in [-0.05, 0) is 37.5 Å². The van der Waals surface area contributed by atoms with Gasteiger partial charge in [0.05, 0.1) is 12.2 Å². The minimum atomic E-state index is -0.0697. The highest BCUT2D eigenvalue weighted by Gasteiger charge is 2.32. The Labute approximate surface area is 112 Å². The maximum atomic E-state index is 10.2. The van der Waals surface area contributed by atoms with Gasteiger partial charge < -0.3 is 14.7 Å². The largest absolute Gasteiger partial charge is 0.393 e. The van der Waals surface area contributed by atoms with E-state index in [4.69, 9.17) is 4.74 Å². The average molecular weight is 255 g/mol. The highest BCUT2D eigenvalue weighted by molar-refractivity contribution is 4.85. The summed E-state index contributed by atoms with van der Waals surface area (Å²) < 4.78 is 5.41.